The van der Waals surface area contributed by atoms with Gasteiger partial charge in [-0.05, 0) is 47.9 Å². The Kier molecular flexibility index (Phi) is 5.21. The highest BCUT2D eigenvalue weighted by Crippen LogP contribution is 2.49. The standard InChI is InChI=1S/C28H19F3N4O3/c29-28(30,31)22-12-20(11-10-19(22)14-32)35-26(37)24-23-13-21(34(24)27(35)38)15-33(23)25(36)18-8-6-17(7-9-18)16-4-2-1-3-5-16/h1-12,21,23,37H,13,15H2/t21-,23-/m0/s1. The van der Waals surface area contributed by atoms with Gasteiger partial charge in [0.2, 0.25) is 5.88 Å². The number of fused-ring (bicyclic) bond motifs is 5. The number of carbonyl (C=O) groups is 1. The molecular formula is C28H19F3N4O3. The average molecular weight is 516 g/mol. The molecular weight excluding hydrogens is 497 g/mol. The number of likely N-dealkylation sites (tertiary alicyclic amines) is 1. The summed E-state index contributed by atoms with van der Waals surface area (Å²) in [6, 6.07) is 20.2. The van der Waals surface area contributed by atoms with Crippen LogP contribution in [-0.2, 0) is 6.18 Å². The van der Waals surface area contributed by atoms with Gasteiger partial charge in [0.25, 0.3) is 5.91 Å². The van der Waals surface area contributed by atoms with Crippen LogP contribution in [0.5, 0.6) is 5.88 Å². The first-order valence-corrected chi connectivity index (χ1v) is 11.8. The van der Waals surface area contributed by atoms with E-state index in [0.29, 0.717) is 18.1 Å². The van der Waals surface area contributed by atoms with E-state index < -0.39 is 41.0 Å². The van der Waals surface area contributed by atoms with E-state index in [1.165, 1.54) is 16.7 Å². The van der Waals surface area contributed by atoms with E-state index in [4.69, 9.17) is 5.26 Å². The van der Waals surface area contributed by atoms with E-state index in [2.05, 4.69) is 0 Å². The SMILES string of the molecule is N#Cc1ccc(-n2c(O)c3n(c2=O)[C@H]2C[C@@H]3N(C(=O)c3ccc(-c4ccccc4)cc3)C2)cc1C(F)(F)F. The number of amides is 1. The second-order valence-electron chi connectivity index (χ2n) is 9.34. The molecule has 0 spiro atoms. The van der Waals surface area contributed by atoms with Crippen molar-refractivity contribution in [2.75, 3.05) is 6.54 Å². The average Bonchev–Trinajstić information content (AvgIpc) is 3.59. The van der Waals surface area contributed by atoms with E-state index in [-0.39, 0.29) is 23.8 Å². The number of aromatic hydroxyl groups is 1. The zero-order chi connectivity index (χ0) is 26.8. The van der Waals surface area contributed by atoms with E-state index >= 15 is 0 Å². The fourth-order valence-electron chi connectivity index (χ4n) is 5.51. The highest BCUT2D eigenvalue weighted by molar-refractivity contribution is 5.95. The van der Waals surface area contributed by atoms with Crippen molar-refractivity contribution in [3.8, 4) is 28.8 Å². The van der Waals surface area contributed by atoms with Gasteiger partial charge in [-0.25, -0.2) is 9.36 Å². The van der Waals surface area contributed by atoms with E-state index in [0.717, 1.165) is 21.8 Å². The van der Waals surface area contributed by atoms with Crippen molar-refractivity contribution in [2.45, 2.75) is 24.7 Å². The summed E-state index contributed by atoms with van der Waals surface area (Å²) >= 11 is 0. The monoisotopic (exact) mass is 516 g/mol. The van der Waals surface area contributed by atoms with Gasteiger partial charge in [0.1, 0.15) is 5.69 Å². The van der Waals surface area contributed by atoms with Crippen LogP contribution in [-0.4, -0.2) is 31.6 Å². The summed E-state index contributed by atoms with van der Waals surface area (Å²) < 4.78 is 42.7. The molecule has 0 radical (unpaired) electrons. The zero-order valence-electron chi connectivity index (χ0n) is 19.7. The third kappa shape index (κ3) is 3.50. The molecule has 3 heterocycles. The van der Waals surface area contributed by atoms with Crippen molar-refractivity contribution in [1.29, 1.82) is 5.26 Å². The van der Waals surface area contributed by atoms with Gasteiger partial charge in [-0.2, -0.15) is 18.4 Å². The van der Waals surface area contributed by atoms with Crippen LogP contribution < -0.4 is 5.69 Å². The number of nitrogens with zero attached hydrogens (tertiary/aromatic N) is 4. The third-order valence-corrected chi connectivity index (χ3v) is 7.24. The molecule has 2 atom stereocenters. The van der Waals surface area contributed by atoms with Crippen LogP contribution in [0.2, 0.25) is 0 Å². The normalized spacial score (nSPS) is 17.9. The van der Waals surface area contributed by atoms with Crippen LogP contribution >= 0.6 is 0 Å². The predicted molar refractivity (Wildman–Crippen MR) is 131 cm³/mol. The number of alkyl halides is 3. The molecule has 1 N–H and O–H groups in total. The first-order chi connectivity index (χ1) is 18.2. The maximum atomic E-state index is 13.5. The topological polar surface area (TPSA) is 91.3 Å². The number of rotatable bonds is 3. The molecule has 2 bridgehead atoms. The number of benzene rings is 3. The Morgan fingerprint density at radius 1 is 1.00 bits per heavy atom. The van der Waals surface area contributed by atoms with Crippen molar-refractivity contribution in [1.82, 2.24) is 14.0 Å². The summed E-state index contributed by atoms with van der Waals surface area (Å²) in [7, 11) is 0. The Bertz CT molecular complexity index is 1680. The van der Waals surface area contributed by atoms with Gasteiger partial charge in [-0.1, -0.05) is 42.5 Å². The zero-order valence-corrected chi connectivity index (χ0v) is 19.7. The summed E-state index contributed by atoms with van der Waals surface area (Å²) in [4.78, 5) is 28.2. The first-order valence-electron chi connectivity index (χ1n) is 11.8. The summed E-state index contributed by atoms with van der Waals surface area (Å²) in [6.07, 6.45) is -4.39. The molecule has 7 nitrogen and oxygen atoms in total. The van der Waals surface area contributed by atoms with Crippen molar-refractivity contribution >= 4 is 5.91 Å². The second-order valence-corrected chi connectivity index (χ2v) is 9.34. The Hall–Kier alpha value is -4.78. The van der Waals surface area contributed by atoms with Gasteiger partial charge in [0, 0.05) is 12.1 Å². The van der Waals surface area contributed by atoms with Crippen LogP contribution in [0.25, 0.3) is 16.8 Å². The number of hydrogen-bond acceptors (Lipinski definition) is 4. The lowest BCUT2D eigenvalue weighted by molar-refractivity contribution is -0.137. The Morgan fingerprint density at radius 3 is 2.34 bits per heavy atom. The van der Waals surface area contributed by atoms with Gasteiger partial charge < -0.3 is 10.0 Å². The second kappa shape index (κ2) is 8.38. The van der Waals surface area contributed by atoms with E-state index in [1.807, 2.05) is 42.5 Å². The molecule has 2 aliphatic heterocycles. The Labute approximate surface area is 214 Å². The summed E-state index contributed by atoms with van der Waals surface area (Å²) in [5.74, 6) is -0.780. The highest BCUT2D eigenvalue weighted by atomic mass is 19.4. The largest absolute Gasteiger partial charge is 0.493 e. The quantitative estimate of drug-likeness (QED) is 0.413. The predicted octanol–water partition coefficient (Wildman–Crippen LogP) is 5.04. The van der Waals surface area contributed by atoms with Crippen LogP contribution in [0.3, 0.4) is 0 Å². The van der Waals surface area contributed by atoms with E-state index in [9.17, 15) is 27.9 Å². The fourth-order valence-corrected chi connectivity index (χ4v) is 5.51. The lowest BCUT2D eigenvalue weighted by Crippen LogP contribution is -2.37. The molecule has 1 fully saturated rings. The Balaban J connectivity index is 1.34. The molecule has 3 aromatic carbocycles. The lowest BCUT2D eigenvalue weighted by atomic mass is 10.0. The van der Waals surface area contributed by atoms with Gasteiger partial charge in [-0.3, -0.25) is 9.36 Å². The molecule has 1 saturated heterocycles. The number of hydrogen-bond donors (Lipinski definition) is 1. The van der Waals surface area contributed by atoms with Crippen molar-refractivity contribution < 1.29 is 23.1 Å². The number of nitriles is 1. The summed E-state index contributed by atoms with van der Waals surface area (Å²) in [6.45, 7) is 0.238. The summed E-state index contributed by atoms with van der Waals surface area (Å²) in [5.41, 5.74) is -0.0839. The van der Waals surface area contributed by atoms with Crippen molar-refractivity contribution in [3.63, 3.8) is 0 Å². The molecule has 2 aliphatic rings. The third-order valence-electron chi connectivity index (χ3n) is 7.24. The molecule has 6 rings (SSSR count). The van der Waals surface area contributed by atoms with Gasteiger partial charge in [0.05, 0.1) is 35.0 Å². The molecule has 190 valence electrons. The van der Waals surface area contributed by atoms with Crippen LogP contribution in [0, 0.1) is 11.3 Å². The van der Waals surface area contributed by atoms with Crippen LogP contribution in [0.1, 0.15) is 45.7 Å². The smallest absolute Gasteiger partial charge is 0.417 e. The van der Waals surface area contributed by atoms with Crippen LogP contribution in [0.15, 0.2) is 77.6 Å². The minimum atomic E-state index is -4.82. The van der Waals surface area contributed by atoms with E-state index in [1.54, 1.807) is 17.0 Å². The lowest BCUT2D eigenvalue weighted by Gasteiger charge is -2.27. The molecule has 1 aromatic heterocycles. The highest BCUT2D eigenvalue weighted by Gasteiger charge is 2.49. The first kappa shape index (κ1) is 23.6. The summed E-state index contributed by atoms with van der Waals surface area (Å²) in [5, 5.41) is 20.1. The Morgan fingerprint density at radius 2 is 1.68 bits per heavy atom. The minimum absolute atomic E-state index is 0.193. The molecule has 10 heteroatoms. The van der Waals surface area contributed by atoms with Crippen molar-refractivity contribution in [3.05, 3.63) is 106 Å². The van der Waals surface area contributed by atoms with Gasteiger partial charge in [-0.15, -0.1) is 0 Å². The van der Waals surface area contributed by atoms with Gasteiger partial charge >= 0.3 is 11.9 Å². The molecule has 1 amide bonds. The molecule has 0 saturated carbocycles. The number of imidazole rings is 1. The minimum Gasteiger partial charge on any atom is -0.493 e. The number of aromatic nitrogens is 2. The molecule has 4 aromatic rings. The number of carbonyl (C=O) groups excluding carboxylic acids is 1. The van der Waals surface area contributed by atoms with Gasteiger partial charge in [0.15, 0.2) is 0 Å². The fraction of sp³-hybridized carbons (Fsp3) is 0.179. The molecule has 0 unspecified atom stereocenters. The van der Waals surface area contributed by atoms with Crippen LogP contribution in [0.4, 0.5) is 13.2 Å². The molecule has 38 heavy (non-hydrogen) atoms. The maximum absolute atomic E-state index is 13.5. The van der Waals surface area contributed by atoms with Crippen molar-refractivity contribution in [2.24, 2.45) is 0 Å². The molecule has 0 aliphatic carbocycles. The maximum Gasteiger partial charge on any atom is 0.417 e. The number of halogens is 3.